The van der Waals surface area contributed by atoms with Crippen LogP contribution < -0.4 is 81.0 Å². The second-order valence-electron chi connectivity index (χ2n) is 35.8. The first-order chi connectivity index (χ1) is 67.1. The van der Waals surface area contributed by atoms with Crippen molar-refractivity contribution >= 4 is 173 Å². The normalized spacial score (nSPS) is 21.0. The number of aliphatic carboxylic acids is 3. The number of aliphatic hydroxyl groups excluding tert-OH is 1. The van der Waals surface area contributed by atoms with Crippen molar-refractivity contribution in [3.8, 4) is 0 Å². The van der Waals surface area contributed by atoms with Crippen molar-refractivity contribution in [2.45, 2.75) is 190 Å². The van der Waals surface area contributed by atoms with Gasteiger partial charge in [-0.25, -0.2) is 0 Å². The van der Waals surface area contributed by atoms with Gasteiger partial charge in [0.25, 0.3) is 0 Å². The number of aldehydes is 1. The first-order valence-corrected chi connectivity index (χ1v) is 48.8. The van der Waals surface area contributed by atoms with Gasteiger partial charge in [0.05, 0.1) is 51.5 Å². The van der Waals surface area contributed by atoms with Crippen LogP contribution in [0.25, 0.3) is 32.6 Å². The third kappa shape index (κ3) is 34.1. The lowest BCUT2D eigenvalue weighted by Gasteiger charge is -2.35. The molecule has 3 aliphatic rings. The Morgan fingerprint density at radius 3 is 1.59 bits per heavy atom. The number of nitrogens with two attached hydrogens (primary N) is 3. The summed E-state index contributed by atoms with van der Waals surface area (Å²) < 4.78 is 0. The molecule has 0 radical (unpaired) electrons. The van der Waals surface area contributed by atoms with Crippen molar-refractivity contribution in [2.75, 3.05) is 103 Å². The molecule has 46 nitrogen and oxygen atoms in total. The number of benzene rings is 4. The minimum Gasteiger partial charge on any atom is -0.481 e. The van der Waals surface area contributed by atoms with Gasteiger partial charge in [0.2, 0.25) is 94.5 Å². The van der Waals surface area contributed by atoms with Crippen molar-refractivity contribution in [3.63, 3.8) is 0 Å². The van der Waals surface area contributed by atoms with Gasteiger partial charge in [-0.05, 0) is 90.5 Å². The van der Waals surface area contributed by atoms with Crippen molar-refractivity contribution in [2.24, 2.45) is 22.6 Å². The molecule has 16 amide bonds. The van der Waals surface area contributed by atoms with E-state index in [1.807, 2.05) is 0 Å². The minimum atomic E-state index is -2.20. The van der Waals surface area contributed by atoms with E-state index in [0.29, 0.717) is 78.2 Å². The summed E-state index contributed by atoms with van der Waals surface area (Å²) >= 11 is 0. The maximum atomic E-state index is 15.6. The van der Waals surface area contributed by atoms with Gasteiger partial charge in [0.15, 0.2) is 0 Å². The number of H-pyrrole nitrogens is 2. The van der Waals surface area contributed by atoms with Crippen LogP contribution in [0.5, 0.6) is 0 Å². The number of hydrogen-bond donors (Lipinski definition) is 21. The number of carboxylic acid groups (broad SMARTS) is 3. The van der Waals surface area contributed by atoms with Crippen LogP contribution in [0.4, 0.5) is 0 Å². The highest BCUT2D eigenvalue weighted by Gasteiger charge is 2.44. The number of primary amides is 3. The summed E-state index contributed by atoms with van der Waals surface area (Å²) in [5.74, 6) is -23.0. The van der Waals surface area contributed by atoms with E-state index in [2.05, 4.69) is 73.8 Å². The number of carboxylic acids is 3. The molecule has 9 rings (SSSR count). The van der Waals surface area contributed by atoms with Gasteiger partial charge in [-0.2, -0.15) is 0 Å². The highest BCUT2D eigenvalue weighted by Crippen LogP contribution is 2.30. The van der Waals surface area contributed by atoms with E-state index < -0.39 is 240 Å². The molecule has 141 heavy (non-hydrogen) atoms. The summed E-state index contributed by atoms with van der Waals surface area (Å²) in [4.78, 5) is 296. The maximum absolute atomic E-state index is 15.6. The van der Waals surface area contributed by atoms with Gasteiger partial charge in [-0.1, -0.05) is 121 Å². The standard InChI is InChI=1S/C93H126N22O24S2/c1-6-93(4,5)80(110-90(137)79(52(2)117)109-87(134)65(100-53(3)118)40-57-45-98-61-20-11-9-18-59(57)61)91(138)108-71-51-141-140-50-70(89(136)106-69(92(139)115-27-15-23-72(115)81(96)128)41-58-46-99-62-21-12-10-19-60(58)62)107-86(133)68(44-76(122)123)105-82(129)63(22-13-14-26-97-75(121)47-112-32-34-113(48-77(124)125)30-28-111(36-37-116)29-31-114(35-33-112)49-78(126)127)101-83(130)64(39-54-24-25-55-16-7-8-17-56(55)38-54)102-84(131)66(42-73(94)119)103-85(132)67(43-74(95)120)104-88(71)135/h7-12,16-21,24-25,37-38,45-46,52,63-72,79-80,98-99,117H,6,13-15,22-23,26-36,39-44,47-51H2,1-5H3,(H2,94,119)(H2,95,120)(H2,96,128)(H,97,121)(H,100,118)(H,101,130)(H,102,131)(H,103,132)(H,104,135)(H,105,129)(H,106,136)(H,107,133)(H,108,138)(H,109,134)(H,110,137)(H,122,123)(H,124,125)(H,126,127)/t52-,63+,64+,65+,66+,67+,68+,69+,70+,71+,72+,79+,80-/m1/s1. The molecule has 3 saturated heterocycles. The van der Waals surface area contributed by atoms with E-state index in [4.69, 9.17) is 17.2 Å². The smallest absolute Gasteiger partial charge is 0.317 e. The van der Waals surface area contributed by atoms with E-state index in [9.17, 15) is 73.2 Å². The molecule has 0 spiro atoms. The van der Waals surface area contributed by atoms with Crippen LogP contribution in [0, 0.1) is 5.41 Å². The molecule has 0 bridgehead atoms. The number of para-hydroxylation sites is 2. The van der Waals surface area contributed by atoms with Crippen molar-refractivity contribution in [3.05, 3.63) is 120 Å². The first-order valence-electron chi connectivity index (χ1n) is 46.3. The van der Waals surface area contributed by atoms with E-state index in [-0.39, 0.29) is 130 Å². The summed E-state index contributed by atoms with van der Waals surface area (Å²) in [5, 5.41) is 74.8. The number of hydrogen-bond acceptors (Lipinski definition) is 27. The van der Waals surface area contributed by atoms with Gasteiger partial charge >= 0.3 is 17.9 Å². The monoisotopic (exact) mass is 2000 g/mol. The number of nitrogens with zero attached hydrogens (tertiary/aromatic N) is 5. The van der Waals surface area contributed by atoms with Gasteiger partial charge in [-0.3, -0.25) is 111 Å². The number of nitrogens with one attached hydrogen (secondary N) is 14. The Labute approximate surface area is 819 Å². The lowest BCUT2D eigenvalue weighted by molar-refractivity contribution is -0.142. The highest BCUT2D eigenvalue weighted by molar-refractivity contribution is 8.76. The third-order valence-electron chi connectivity index (χ3n) is 24.7. The van der Waals surface area contributed by atoms with Crippen molar-refractivity contribution in [1.82, 2.24) is 98.3 Å². The zero-order valence-corrected chi connectivity index (χ0v) is 80.6. The molecule has 2 aromatic heterocycles. The molecule has 3 aliphatic heterocycles. The number of amides is 16. The average molecular weight is 2000 g/mol. The highest BCUT2D eigenvalue weighted by atomic mass is 33.1. The lowest BCUT2D eigenvalue weighted by atomic mass is 9.81. The van der Waals surface area contributed by atoms with Crippen LogP contribution in [0.15, 0.2) is 103 Å². The van der Waals surface area contributed by atoms with Crippen LogP contribution in [0.3, 0.4) is 0 Å². The summed E-state index contributed by atoms with van der Waals surface area (Å²) in [6, 6.07) is 4.21. The van der Waals surface area contributed by atoms with Crippen LogP contribution in [-0.4, -0.2) is 355 Å². The molecule has 764 valence electrons. The fourth-order valence-electron chi connectivity index (χ4n) is 16.7. The van der Waals surface area contributed by atoms with Gasteiger partial charge in [0.1, 0.15) is 78.8 Å². The Kier molecular flexibility index (Phi) is 42.2. The molecule has 6 aromatic rings. The number of aromatic amines is 2. The van der Waals surface area contributed by atoms with Gasteiger partial charge < -0.3 is 121 Å². The van der Waals surface area contributed by atoms with Crippen LogP contribution >= 0.6 is 21.6 Å². The molecule has 48 heteroatoms. The van der Waals surface area contributed by atoms with Crippen LogP contribution in [0.1, 0.15) is 109 Å². The molecular formula is C93H126N22O24S2. The molecule has 5 heterocycles. The first kappa shape index (κ1) is 111. The quantitative estimate of drug-likeness (QED) is 0.00993. The molecule has 4 aromatic carbocycles. The Morgan fingerprint density at radius 2 is 1.04 bits per heavy atom. The molecule has 0 unspecified atom stereocenters. The van der Waals surface area contributed by atoms with Crippen molar-refractivity contribution in [1.29, 1.82) is 0 Å². The third-order valence-corrected chi connectivity index (χ3v) is 27.1. The predicted octanol–water partition coefficient (Wildman–Crippen LogP) is -4.03. The van der Waals surface area contributed by atoms with E-state index in [0.717, 1.165) is 12.3 Å². The molecule has 24 N–H and O–H groups in total. The summed E-state index contributed by atoms with van der Waals surface area (Å²) in [6.45, 7) is 7.36. The second-order valence-corrected chi connectivity index (χ2v) is 38.3. The lowest BCUT2D eigenvalue weighted by Crippen LogP contribution is -2.64. The number of rotatable bonds is 39. The molecule has 0 aliphatic carbocycles. The van der Waals surface area contributed by atoms with Crippen molar-refractivity contribution < 1.29 is 116 Å². The van der Waals surface area contributed by atoms with E-state index in [1.165, 1.54) is 25.7 Å². The second kappa shape index (κ2) is 53.6. The molecular weight excluding hydrogens is 1870 g/mol. The minimum absolute atomic E-state index is 0.00497. The van der Waals surface area contributed by atoms with Crippen LogP contribution in [-0.2, 0) is 115 Å². The number of aliphatic hydroxyl groups is 1. The topological polar surface area (TPSA) is 693 Å². The zero-order chi connectivity index (χ0) is 103. The zero-order valence-electron chi connectivity index (χ0n) is 78.9. The number of carbonyl (C=O) groups excluding carboxylic acids is 17. The Bertz CT molecular complexity index is 5490. The number of unbranched alkanes of at least 4 members (excludes halogenated alkanes) is 1. The number of aromatic nitrogens is 2. The van der Waals surface area contributed by atoms with Gasteiger partial charge in [0, 0.05) is 137 Å². The summed E-state index contributed by atoms with van der Waals surface area (Å²) in [6.07, 6.45) is -2.06. The summed E-state index contributed by atoms with van der Waals surface area (Å²) in [5.41, 5.74) is 18.8. The largest absolute Gasteiger partial charge is 0.481 e. The fourth-order valence-corrected chi connectivity index (χ4v) is 19.0. The molecule has 13 atom stereocenters. The SMILES string of the molecule is CCC(C)(C)[C@H](NC(=O)[C@@H](NC(=O)[C@H](Cc1c[nH]c2ccccc12)NC(C)=O)[C@@H](C)O)C(=O)N[C@H]1CSSC[C@@H](C(=O)N[C@@H](Cc2c[nH]c3ccccc23)C(=O)N2CCC[C@H]2C(N)=O)NC(=O)[C@H](CC(=O)O)NC(=O)[C@H](CCCCNC(=O)CN2CCN(CC(=O)O)CCN(CC=O)CCN(CC(=O)O)CC2)NC(=O)[C@H](Cc2ccc3ccccc3c2)NC(=O)[C@H](CC(N)=O)NC(=O)[C@H](CC(N)=O)NC1=O. The molecule has 3 fully saturated rings. The Hall–Kier alpha value is -13.7. The van der Waals surface area contributed by atoms with Crippen LogP contribution in [0.2, 0.25) is 0 Å². The number of fused-ring (bicyclic) bond motifs is 3. The Morgan fingerprint density at radius 1 is 0.539 bits per heavy atom. The van der Waals surface area contributed by atoms with E-state index in [1.54, 1.807) is 130 Å². The van der Waals surface area contributed by atoms with E-state index >= 15 is 43.2 Å². The molecule has 0 saturated carbocycles. The summed E-state index contributed by atoms with van der Waals surface area (Å²) in [7, 11) is 1.36. The number of carbonyl (C=O) groups is 20. The fraction of sp³-hybridized carbons (Fsp3) is 0.505. The van der Waals surface area contributed by atoms with Gasteiger partial charge in [-0.15, -0.1) is 0 Å². The predicted molar refractivity (Wildman–Crippen MR) is 517 cm³/mol. The number of likely N-dealkylation sites (tertiary alicyclic amines) is 1. The maximum Gasteiger partial charge on any atom is 0.317 e. The average Bonchev–Trinajstić information content (AvgIpc) is 1.76. The Balaban J connectivity index is 1.09.